The Labute approximate surface area is 134 Å². The van der Waals surface area contributed by atoms with E-state index in [1.165, 1.54) is 11.3 Å². The molecule has 0 saturated heterocycles. The van der Waals surface area contributed by atoms with Crippen LogP contribution in [-0.4, -0.2) is 10.9 Å². The Morgan fingerprint density at radius 1 is 1.24 bits per heavy atom. The molecule has 0 bridgehead atoms. The summed E-state index contributed by atoms with van der Waals surface area (Å²) in [6.07, 6.45) is 0. The van der Waals surface area contributed by atoms with Gasteiger partial charge in [0.2, 0.25) is 0 Å². The smallest absolute Gasteiger partial charge is 0.259 e. The molecule has 0 aliphatic heterocycles. The van der Waals surface area contributed by atoms with Crippen LogP contribution in [0.4, 0.5) is 10.8 Å². The minimum absolute atomic E-state index is 0.235. The first kappa shape index (κ1) is 14.1. The van der Waals surface area contributed by atoms with Crippen LogP contribution < -0.4 is 11.1 Å². The Morgan fingerprint density at radius 3 is 2.86 bits per heavy atom. The van der Waals surface area contributed by atoms with E-state index in [0.717, 1.165) is 10.2 Å². The summed E-state index contributed by atoms with van der Waals surface area (Å²) in [5.41, 5.74) is 7.14. The summed E-state index contributed by atoms with van der Waals surface area (Å²) in [5, 5.41) is 4.07. The van der Waals surface area contributed by atoms with E-state index in [1.54, 1.807) is 36.4 Å². The van der Waals surface area contributed by atoms with E-state index >= 15 is 0 Å². The van der Waals surface area contributed by atoms with Gasteiger partial charge in [-0.05, 0) is 30.3 Å². The number of hydrogen-bond acceptors (Lipinski definition) is 4. The van der Waals surface area contributed by atoms with E-state index in [2.05, 4.69) is 10.3 Å². The zero-order chi connectivity index (χ0) is 15.0. The summed E-state index contributed by atoms with van der Waals surface area (Å²) in [7, 11) is 0. The van der Waals surface area contributed by atoms with Crippen LogP contribution in [0.15, 0.2) is 36.4 Å². The van der Waals surface area contributed by atoms with Crippen molar-refractivity contribution < 1.29 is 4.79 Å². The number of nitrogens with zero attached hydrogens (tertiary/aromatic N) is 1. The number of nitrogens with one attached hydrogen (secondary N) is 1. The maximum atomic E-state index is 12.2. The summed E-state index contributed by atoms with van der Waals surface area (Å²) in [4.78, 5) is 16.5. The van der Waals surface area contributed by atoms with Gasteiger partial charge in [-0.15, -0.1) is 0 Å². The van der Waals surface area contributed by atoms with E-state index in [1.807, 2.05) is 0 Å². The van der Waals surface area contributed by atoms with Crippen LogP contribution in [0.25, 0.3) is 10.2 Å². The van der Waals surface area contributed by atoms with Crippen molar-refractivity contribution in [1.82, 2.24) is 4.98 Å². The fourth-order valence-corrected chi connectivity index (χ4v) is 3.19. The molecule has 3 N–H and O–H groups in total. The van der Waals surface area contributed by atoms with Crippen molar-refractivity contribution in [2.75, 3.05) is 11.1 Å². The third-order valence-electron chi connectivity index (χ3n) is 2.84. The number of hydrogen-bond donors (Lipinski definition) is 2. The maximum absolute atomic E-state index is 12.2. The number of nitrogen functional groups attached to an aromatic ring is 1. The molecule has 0 spiro atoms. The van der Waals surface area contributed by atoms with Crippen molar-refractivity contribution in [3.8, 4) is 0 Å². The Kier molecular flexibility index (Phi) is 3.71. The van der Waals surface area contributed by atoms with E-state index in [9.17, 15) is 4.79 Å². The van der Waals surface area contributed by atoms with E-state index in [0.29, 0.717) is 21.4 Å². The third-order valence-corrected chi connectivity index (χ3v) is 4.43. The molecule has 1 heterocycles. The molecule has 106 valence electrons. The van der Waals surface area contributed by atoms with Crippen LogP contribution in [0.2, 0.25) is 10.0 Å². The summed E-state index contributed by atoms with van der Waals surface area (Å²) in [6, 6.07) is 10.3. The Bertz CT molecular complexity index is 847. The number of halogens is 2. The number of rotatable bonds is 2. The van der Waals surface area contributed by atoms with Gasteiger partial charge in [0.15, 0.2) is 5.13 Å². The van der Waals surface area contributed by atoms with Gasteiger partial charge in [-0.25, -0.2) is 4.98 Å². The monoisotopic (exact) mass is 337 g/mol. The van der Waals surface area contributed by atoms with E-state index in [4.69, 9.17) is 28.9 Å². The number of carbonyl (C=O) groups excluding carboxylic acids is 1. The zero-order valence-electron chi connectivity index (χ0n) is 10.6. The number of benzene rings is 2. The molecule has 0 aliphatic rings. The average Bonchev–Trinajstić information content (AvgIpc) is 2.83. The highest BCUT2D eigenvalue weighted by Crippen LogP contribution is 2.29. The molecule has 0 fully saturated rings. The minimum atomic E-state index is -0.350. The molecule has 2 aromatic carbocycles. The molecule has 0 saturated carbocycles. The SMILES string of the molecule is Nc1cccc(C(=O)Nc2nc3ccc(Cl)cc3s2)c1Cl. The number of carbonyl (C=O) groups is 1. The third kappa shape index (κ3) is 2.81. The summed E-state index contributed by atoms with van der Waals surface area (Å²) in [6.45, 7) is 0. The molecular formula is C14H9Cl2N3OS. The molecule has 3 aromatic rings. The van der Waals surface area contributed by atoms with Gasteiger partial charge in [-0.3, -0.25) is 10.1 Å². The number of thiazole rings is 1. The maximum Gasteiger partial charge on any atom is 0.259 e. The van der Waals surface area contributed by atoms with Crippen LogP contribution in [-0.2, 0) is 0 Å². The molecule has 0 atom stereocenters. The van der Waals surface area contributed by atoms with Crippen LogP contribution in [0.3, 0.4) is 0 Å². The van der Waals surface area contributed by atoms with Crippen molar-refractivity contribution in [1.29, 1.82) is 0 Å². The lowest BCUT2D eigenvalue weighted by atomic mass is 10.2. The molecule has 4 nitrogen and oxygen atoms in total. The predicted octanol–water partition coefficient (Wildman–Crippen LogP) is 4.44. The van der Waals surface area contributed by atoms with Gasteiger partial charge in [0, 0.05) is 5.02 Å². The second-order valence-electron chi connectivity index (χ2n) is 4.29. The van der Waals surface area contributed by atoms with Gasteiger partial charge in [0.25, 0.3) is 5.91 Å². The van der Waals surface area contributed by atoms with Gasteiger partial charge in [0.05, 0.1) is 26.5 Å². The fraction of sp³-hybridized carbons (Fsp3) is 0. The Hall–Kier alpha value is -1.82. The number of nitrogens with two attached hydrogens (primary N) is 1. The van der Waals surface area contributed by atoms with Crippen molar-refractivity contribution in [3.63, 3.8) is 0 Å². The van der Waals surface area contributed by atoms with Crippen molar-refractivity contribution in [2.24, 2.45) is 0 Å². The van der Waals surface area contributed by atoms with Crippen molar-refractivity contribution in [3.05, 3.63) is 52.0 Å². The van der Waals surface area contributed by atoms with Crippen LogP contribution >= 0.6 is 34.5 Å². The number of aromatic nitrogens is 1. The highest BCUT2D eigenvalue weighted by molar-refractivity contribution is 7.22. The predicted molar refractivity (Wildman–Crippen MR) is 88.4 cm³/mol. The molecule has 1 aromatic heterocycles. The summed E-state index contributed by atoms with van der Waals surface area (Å²) in [5.74, 6) is -0.350. The standard InChI is InChI=1S/C14H9Cl2N3OS/c15-7-4-5-10-11(6-7)21-14(18-10)19-13(20)8-2-1-3-9(17)12(8)16/h1-6H,17H2,(H,18,19,20). The lowest BCUT2D eigenvalue weighted by Gasteiger charge is -2.05. The Morgan fingerprint density at radius 2 is 2.05 bits per heavy atom. The highest BCUT2D eigenvalue weighted by Gasteiger charge is 2.14. The lowest BCUT2D eigenvalue weighted by molar-refractivity contribution is 0.102. The minimum Gasteiger partial charge on any atom is -0.398 e. The molecular weight excluding hydrogens is 329 g/mol. The first-order chi connectivity index (χ1) is 10.0. The van der Waals surface area contributed by atoms with Gasteiger partial charge in [0.1, 0.15) is 0 Å². The van der Waals surface area contributed by atoms with E-state index < -0.39 is 0 Å². The van der Waals surface area contributed by atoms with Crippen LogP contribution in [0.1, 0.15) is 10.4 Å². The van der Waals surface area contributed by atoms with Gasteiger partial charge >= 0.3 is 0 Å². The van der Waals surface area contributed by atoms with Gasteiger partial charge < -0.3 is 5.73 Å². The quantitative estimate of drug-likeness (QED) is 0.679. The topological polar surface area (TPSA) is 68.0 Å². The molecule has 0 aliphatic carbocycles. The highest BCUT2D eigenvalue weighted by atomic mass is 35.5. The molecule has 0 radical (unpaired) electrons. The van der Waals surface area contributed by atoms with E-state index in [-0.39, 0.29) is 10.9 Å². The van der Waals surface area contributed by atoms with Gasteiger partial charge in [-0.1, -0.05) is 40.6 Å². The van der Waals surface area contributed by atoms with Crippen molar-refractivity contribution in [2.45, 2.75) is 0 Å². The average molecular weight is 338 g/mol. The number of fused-ring (bicyclic) bond motifs is 1. The first-order valence-electron chi connectivity index (χ1n) is 5.96. The molecule has 1 amide bonds. The molecule has 7 heteroatoms. The number of anilines is 2. The fourth-order valence-electron chi connectivity index (χ4n) is 1.84. The normalized spacial score (nSPS) is 10.8. The van der Waals surface area contributed by atoms with Crippen LogP contribution in [0, 0.1) is 0 Å². The first-order valence-corrected chi connectivity index (χ1v) is 7.53. The zero-order valence-corrected chi connectivity index (χ0v) is 12.9. The second kappa shape index (κ2) is 5.52. The largest absolute Gasteiger partial charge is 0.398 e. The summed E-state index contributed by atoms with van der Waals surface area (Å²) >= 11 is 13.3. The van der Waals surface area contributed by atoms with Crippen LogP contribution in [0.5, 0.6) is 0 Å². The lowest BCUT2D eigenvalue weighted by Crippen LogP contribution is -2.12. The number of amides is 1. The van der Waals surface area contributed by atoms with Gasteiger partial charge in [-0.2, -0.15) is 0 Å². The Balaban J connectivity index is 1.91. The summed E-state index contributed by atoms with van der Waals surface area (Å²) < 4.78 is 0.900. The molecule has 0 unspecified atom stereocenters. The second-order valence-corrected chi connectivity index (χ2v) is 6.14. The molecule has 21 heavy (non-hydrogen) atoms. The van der Waals surface area contributed by atoms with Crippen molar-refractivity contribution >= 4 is 61.5 Å². The molecule has 3 rings (SSSR count).